The summed E-state index contributed by atoms with van der Waals surface area (Å²) in [6, 6.07) is 7.20. The maximum Gasteiger partial charge on any atom is 0.318 e. The van der Waals surface area contributed by atoms with E-state index in [2.05, 4.69) is 77.1 Å². The molecule has 0 N–H and O–H groups in total. The van der Waals surface area contributed by atoms with E-state index >= 15 is 0 Å². The topological polar surface area (TPSA) is 82.3 Å². The van der Waals surface area contributed by atoms with E-state index in [9.17, 15) is 4.79 Å². The van der Waals surface area contributed by atoms with Gasteiger partial charge in [0.1, 0.15) is 18.5 Å². The summed E-state index contributed by atoms with van der Waals surface area (Å²) in [5, 5.41) is 2.34. The van der Waals surface area contributed by atoms with Crippen LogP contribution in [-0.2, 0) is 17.8 Å². The minimum atomic E-state index is -0.237. The molecule has 0 bridgehead atoms. The van der Waals surface area contributed by atoms with Gasteiger partial charge in [-0.25, -0.2) is 6.57 Å². The van der Waals surface area contributed by atoms with E-state index in [4.69, 9.17) is 21.3 Å². The van der Waals surface area contributed by atoms with Crippen molar-refractivity contribution < 1.29 is 9.53 Å². The van der Waals surface area contributed by atoms with Crippen molar-refractivity contribution in [1.29, 1.82) is 0 Å². The number of carbonyl (C=O) groups excluding carboxylic acids is 1. The van der Waals surface area contributed by atoms with Crippen molar-refractivity contribution in [1.82, 2.24) is 24.8 Å². The maximum atomic E-state index is 12.6. The number of rotatable bonds is 10. The number of amides is 1. The van der Waals surface area contributed by atoms with E-state index in [-0.39, 0.29) is 24.5 Å². The molecule has 1 aliphatic carbocycles. The Kier molecular flexibility index (Phi) is 8.90. The van der Waals surface area contributed by atoms with Gasteiger partial charge in [-0.3, -0.25) is 14.7 Å². The third-order valence-corrected chi connectivity index (χ3v) is 9.97. The van der Waals surface area contributed by atoms with E-state index in [1.807, 2.05) is 12.4 Å². The highest BCUT2D eigenvalue weighted by Gasteiger charge is 2.35. The van der Waals surface area contributed by atoms with Gasteiger partial charge < -0.3 is 24.3 Å². The number of aryl methyl sites for hydroxylation is 1. The zero-order chi connectivity index (χ0) is 31.7. The smallest absolute Gasteiger partial charge is 0.318 e. The summed E-state index contributed by atoms with van der Waals surface area (Å²) in [6.45, 7) is 21.6. The minimum absolute atomic E-state index is 0.134. The molecule has 2 aliphatic heterocycles. The Balaban J connectivity index is 1.31. The van der Waals surface area contributed by atoms with Crippen LogP contribution in [0.5, 0.6) is 6.01 Å². The average molecular weight is 609 g/mol. The Morgan fingerprint density at radius 3 is 2.78 bits per heavy atom. The van der Waals surface area contributed by atoms with Gasteiger partial charge in [-0.15, -0.1) is 0 Å². The lowest BCUT2D eigenvalue weighted by atomic mass is 10.0. The average Bonchev–Trinajstić information content (AvgIpc) is 3.91. The van der Waals surface area contributed by atoms with Crippen molar-refractivity contribution in [2.45, 2.75) is 64.7 Å². The van der Waals surface area contributed by atoms with Crippen LogP contribution in [0.3, 0.4) is 0 Å². The van der Waals surface area contributed by atoms with E-state index < -0.39 is 0 Å². The number of aromatic nitrogens is 3. The summed E-state index contributed by atoms with van der Waals surface area (Å²) in [6.07, 6.45) is 8.60. The van der Waals surface area contributed by atoms with E-state index in [0.29, 0.717) is 44.8 Å². The predicted octanol–water partition coefficient (Wildman–Crippen LogP) is 4.52. The SMILES string of the molecule is [C-]#[N+]C[C@H]1CN(c2nc(OC[C@H](C)N(C)[C@H](C)C3CC3)nc3c2CCN(c2cncc4cccc(C)c24)C3)CCN1C(=O)C=C. The lowest BCUT2D eigenvalue weighted by Crippen LogP contribution is -2.56. The number of ether oxygens (including phenoxy) is 1. The Morgan fingerprint density at radius 1 is 1.20 bits per heavy atom. The lowest BCUT2D eigenvalue weighted by molar-refractivity contribution is -0.128. The first-order chi connectivity index (χ1) is 21.8. The molecule has 1 amide bonds. The van der Waals surface area contributed by atoms with Crippen LogP contribution in [0.1, 0.15) is 43.5 Å². The Morgan fingerprint density at radius 2 is 2.02 bits per heavy atom. The molecule has 1 saturated heterocycles. The number of anilines is 2. The second-order valence-corrected chi connectivity index (χ2v) is 12.8. The summed E-state index contributed by atoms with van der Waals surface area (Å²) in [7, 11) is 2.18. The lowest BCUT2D eigenvalue weighted by Gasteiger charge is -2.41. The molecule has 6 rings (SSSR count). The van der Waals surface area contributed by atoms with Gasteiger partial charge in [0.15, 0.2) is 0 Å². The summed E-state index contributed by atoms with van der Waals surface area (Å²) in [5.74, 6) is 1.50. The molecule has 0 unspecified atom stereocenters. The first kappa shape index (κ1) is 30.8. The van der Waals surface area contributed by atoms with Crippen molar-refractivity contribution in [2.75, 3.05) is 56.2 Å². The molecule has 10 heteroatoms. The highest BCUT2D eigenvalue weighted by molar-refractivity contribution is 5.96. The number of carbonyl (C=O) groups is 1. The number of hydrogen-bond donors (Lipinski definition) is 0. The second-order valence-electron chi connectivity index (χ2n) is 12.8. The number of piperazine rings is 1. The Bertz CT molecular complexity index is 1610. The van der Waals surface area contributed by atoms with E-state index in [1.54, 1.807) is 4.90 Å². The van der Waals surface area contributed by atoms with Gasteiger partial charge in [-0.1, -0.05) is 24.8 Å². The molecule has 1 aromatic carbocycles. The summed E-state index contributed by atoms with van der Waals surface area (Å²) in [5.41, 5.74) is 4.39. The summed E-state index contributed by atoms with van der Waals surface area (Å²) in [4.78, 5) is 39.6. The third-order valence-electron chi connectivity index (χ3n) is 9.97. The van der Waals surface area contributed by atoms with Crippen molar-refractivity contribution in [2.24, 2.45) is 5.92 Å². The first-order valence-electron chi connectivity index (χ1n) is 16.1. The molecule has 10 nitrogen and oxygen atoms in total. The van der Waals surface area contributed by atoms with Gasteiger partial charge >= 0.3 is 6.01 Å². The standard InChI is InChI=1S/C35H44N8O2/c1-7-32(44)43-16-15-42(20-28(43)18-36-5)34-29-13-14-41(31-19-37-17-27-10-8-9-23(2)33(27)31)21-30(29)38-35(39-34)45-22-24(3)40(6)25(4)26-11-12-26/h7-10,17,19,24-26,28H,1,11-16,18,20-22H2,2-4,6H3/t24-,25+,28-/m0/s1. The Hall–Kier alpha value is -4.23. The maximum absolute atomic E-state index is 12.6. The quantitative estimate of drug-likeness (QED) is 0.246. The van der Waals surface area contributed by atoms with Crippen LogP contribution in [-0.4, -0.2) is 95.2 Å². The largest absolute Gasteiger partial charge is 0.462 e. The summed E-state index contributed by atoms with van der Waals surface area (Å²) >= 11 is 0. The van der Waals surface area contributed by atoms with Gasteiger partial charge in [0.2, 0.25) is 12.5 Å². The fourth-order valence-electron chi connectivity index (χ4n) is 6.90. The first-order valence-corrected chi connectivity index (χ1v) is 16.1. The fourth-order valence-corrected chi connectivity index (χ4v) is 6.90. The minimum Gasteiger partial charge on any atom is -0.462 e. The Labute approximate surface area is 266 Å². The monoisotopic (exact) mass is 608 g/mol. The molecule has 0 spiro atoms. The molecule has 0 radical (unpaired) electrons. The second kappa shape index (κ2) is 13.0. The fraction of sp³-hybridized carbons (Fsp3) is 0.514. The van der Waals surface area contributed by atoms with Gasteiger partial charge in [0, 0.05) is 60.8 Å². The van der Waals surface area contributed by atoms with Crippen LogP contribution in [0.15, 0.2) is 43.2 Å². The van der Waals surface area contributed by atoms with Crippen molar-refractivity contribution in [3.63, 3.8) is 0 Å². The van der Waals surface area contributed by atoms with Crippen molar-refractivity contribution in [3.05, 3.63) is 71.5 Å². The van der Waals surface area contributed by atoms with Gasteiger partial charge in [0.05, 0.1) is 24.1 Å². The van der Waals surface area contributed by atoms with Crippen LogP contribution in [0.2, 0.25) is 0 Å². The van der Waals surface area contributed by atoms with E-state index in [1.165, 1.54) is 29.9 Å². The molecule has 2 aromatic heterocycles. The zero-order valence-electron chi connectivity index (χ0n) is 26.9. The zero-order valence-corrected chi connectivity index (χ0v) is 26.9. The van der Waals surface area contributed by atoms with Crippen LogP contribution in [0.4, 0.5) is 11.5 Å². The predicted molar refractivity (Wildman–Crippen MR) is 178 cm³/mol. The molecular weight excluding hydrogens is 564 g/mol. The number of benzene rings is 1. The molecule has 2 fully saturated rings. The summed E-state index contributed by atoms with van der Waals surface area (Å²) < 4.78 is 6.37. The number of likely N-dealkylation sites (N-methyl/N-ethyl adjacent to an activating group) is 1. The van der Waals surface area contributed by atoms with Crippen molar-refractivity contribution in [3.8, 4) is 6.01 Å². The molecular formula is C35H44N8O2. The van der Waals surface area contributed by atoms with Crippen molar-refractivity contribution >= 4 is 28.2 Å². The van der Waals surface area contributed by atoms with Crippen LogP contribution in [0, 0.1) is 19.4 Å². The number of pyridine rings is 1. The third kappa shape index (κ3) is 6.32. The van der Waals surface area contributed by atoms with E-state index in [0.717, 1.165) is 47.0 Å². The highest BCUT2D eigenvalue weighted by atomic mass is 16.5. The van der Waals surface area contributed by atoms with Crippen LogP contribution >= 0.6 is 0 Å². The number of hydrogen-bond acceptors (Lipinski definition) is 8. The molecule has 3 atom stereocenters. The van der Waals surface area contributed by atoms with Gasteiger partial charge in [-0.05, 0) is 64.6 Å². The normalized spacial score (nSPS) is 19.6. The molecule has 3 aromatic rings. The van der Waals surface area contributed by atoms with Gasteiger partial charge in [0.25, 0.3) is 0 Å². The van der Waals surface area contributed by atoms with Gasteiger partial charge in [-0.2, -0.15) is 9.97 Å². The van der Waals surface area contributed by atoms with Crippen LogP contribution < -0.4 is 14.5 Å². The number of nitrogens with zero attached hydrogens (tertiary/aromatic N) is 8. The van der Waals surface area contributed by atoms with Crippen LogP contribution in [0.25, 0.3) is 15.6 Å². The number of fused-ring (bicyclic) bond motifs is 2. The molecule has 4 heterocycles. The molecule has 45 heavy (non-hydrogen) atoms. The molecule has 236 valence electrons. The molecule has 1 saturated carbocycles. The highest BCUT2D eigenvalue weighted by Crippen LogP contribution is 2.37. The molecule has 3 aliphatic rings.